The molecule has 2 heterocycles. The molecule has 2 saturated heterocycles. The minimum atomic E-state index is -0.492. The summed E-state index contributed by atoms with van der Waals surface area (Å²) in [6, 6.07) is 7.82. The molecule has 0 spiro atoms. The number of hydrogen-bond donors (Lipinski definition) is 1. The van der Waals surface area contributed by atoms with Gasteiger partial charge in [0.25, 0.3) is 5.91 Å². The summed E-state index contributed by atoms with van der Waals surface area (Å²) in [5, 5.41) is 3.10. The maximum Gasteiger partial charge on any atom is 0.410 e. The zero-order chi connectivity index (χ0) is 21.0. The molecule has 0 saturated carbocycles. The Morgan fingerprint density at radius 1 is 1.03 bits per heavy atom. The van der Waals surface area contributed by atoms with E-state index in [2.05, 4.69) is 10.2 Å². The van der Waals surface area contributed by atoms with E-state index >= 15 is 0 Å². The third kappa shape index (κ3) is 5.85. The SMILES string of the molecule is CO[C@H]1CCN(c2ccc(C(=O)NC3CCN(C(=O)OC(C)(C)C)CC3)cc2)C1. The van der Waals surface area contributed by atoms with Gasteiger partial charge in [-0.15, -0.1) is 0 Å². The molecule has 1 aromatic carbocycles. The van der Waals surface area contributed by atoms with Gasteiger partial charge in [0.05, 0.1) is 6.10 Å². The molecule has 0 aromatic heterocycles. The average molecular weight is 404 g/mol. The van der Waals surface area contributed by atoms with Crippen molar-refractivity contribution in [1.29, 1.82) is 0 Å². The number of nitrogens with zero attached hydrogens (tertiary/aromatic N) is 2. The summed E-state index contributed by atoms with van der Waals surface area (Å²) < 4.78 is 10.8. The van der Waals surface area contributed by atoms with Crippen LogP contribution in [-0.2, 0) is 9.47 Å². The van der Waals surface area contributed by atoms with Crippen molar-refractivity contribution in [3.05, 3.63) is 29.8 Å². The first-order valence-electron chi connectivity index (χ1n) is 10.4. The molecule has 7 nitrogen and oxygen atoms in total. The molecule has 160 valence electrons. The maximum absolute atomic E-state index is 12.6. The number of benzene rings is 1. The lowest BCUT2D eigenvalue weighted by Gasteiger charge is -2.33. The molecule has 3 rings (SSSR count). The molecule has 7 heteroatoms. The van der Waals surface area contributed by atoms with Crippen LogP contribution in [0.4, 0.5) is 10.5 Å². The van der Waals surface area contributed by atoms with Gasteiger partial charge in [0.2, 0.25) is 0 Å². The Hall–Kier alpha value is -2.28. The minimum Gasteiger partial charge on any atom is -0.444 e. The smallest absolute Gasteiger partial charge is 0.410 e. The van der Waals surface area contributed by atoms with Crippen molar-refractivity contribution >= 4 is 17.7 Å². The molecule has 1 aromatic rings. The van der Waals surface area contributed by atoms with Crippen LogP contribution in [0.1, 0.15) is 50.4 Å². The van der Waals surface area contributed by atoms with Crippen LogP contribution in [0.25, 0.3) is 0 Å². The van der Waals surface area contributed by atoms with Crippen molar-refractivity contribution in [3.8, 4) is 0 Å². The Balaban J connectivity index is 1.47. The number of amides is 2. The predicted octanol–water partition coefficient (Wildman–Crippen LogP) is 3.04. The Labute approximate surface area is 173 Å². The summed E-state index contributed by atoms with van der Waals surface area (Å²) in [7, 11) is 1.75. The molecule has 2 aliphatic heterocycles. The first-order chi connectivity index (χ1) is 13.7. The summed E-state index contributed by atoms with van der Waals surface area (Å²) >= 11 is 0. The molecular formula is C22H33N3O4. The number of anilines is 1. The number of nitrogens with one attached hydrogen (secondary N) is 1. The van der Waals surface area contributed by atoms with Gasteiger partial charge in [0.15, 0.2) is 0 Å². The highest BCUT2D eigenvalue weighted by Gasteiger charge is 2.28. The summed E-state index contributed by atoms with van der Waals surface area (Å²) in [6.07, 6.45) is 2.49. The molecule has 2 amide bonds. The topological polar surface area (TPSA) is 71.1 Å². The van der Waals surface area contributed by atoms with E-state index in [1.54, 1.807) is 12.0 Å². The fraction of sp³-hybridized carbons (Fsp3) is 0.636. The molecule has 1 N–H and O–H groups in total. The van der Waals surface area contributed by atoms with E-state index in [4.69, 9.17) is 9.47 Å². The van der Waals surface area contributed by atoms with Gasteiger partial charge in [0.1, 0.15) is 5.60 Å². The van der Waals surface area contributed by atoms with Crippen molar-refractivity contribution in [2.75, 3.05) is 38.2 Å². The van der Waals surface area contributed by atoms with Crippen LogP contribution >= 0.6 is 0 Å². The predicted molar refractivity (Wildman–Crippen MR) is 112 cm³/mol. The summed E-state index contributed by atoms with van der Waals surface area (Å²) in [5.41, 5.74) is 1.28. The number of hydrogen-bond acceptors (Lipinski definition) is 5. The molecule has 0 aliphatic carbocycles. The molecule has 2 fully saturated rings. The Morgan fingerprint density at radius 2 is 1.69 bits per heavy atom. The summed E-state index contributed by atoms with van der Waals surface area (Å²) in [4.78, 5) is 28.7. The van der Waals surface area contributed by atoms with Gasteiger partial charge in [-0.1, -0.05) is 0 Å². The lowest BCUT2D eigenvalue weighted by Crippen LogP contribution is -2.47. The van der Waals surface area contributed by atoms with E-state index in [0.717, 1.165) is 38.0 Å². The van der Waals surface area contributed by atoms with Gasteiger partial charge in [-0.2, -0.15) is 0 Å². The van der Waals surface area contributed by atoms with E-state index in [-0.39, 0.29) is 24.1 Å². The third-order valence-electron chi connectivity index (χ3n) is 5.45. The third-order valence-corrected chi connectivity index (χ3v) is 5.45. The van der Waals surface area contributed by atoms with Crippen LogP contribution in [0.5, 0.6) is 0 Å². The van der Waals surface area contributed by atoms with Gasteiger partial charge in [-0.05, 0) is 64.3 Å². The van der Waals surface area contributed by atoms with Gasteiger partial charge in [0, 0.05) is 50.6 Å². The first kappa shape index (κ1) is 21.4. The molecule has 2 aliphatic rings. The number of piperidine rings is 1. The van der Waals surface area contributed by atoms with Gasteiger partial charge < -0.3 is 24.6 Å². The standard InChI is InChI=1S/C22H33N3O4/c1-22(2,3)29-21(27)24-12-9-17(10-13-24)23-20(26)16-5-7-18(8-6-16)25-14-11-19(15-25)28-4/h5-8,17,19H,9-15H2,1-4H3,(H,23,26)/t19-/m0/s1. The van der Waals surface area contributed by atoms with Gasteiger partial charge >= 0.3 is 6.09 Å². The lowest BCUT2D eigenvalue weighted by molar-refractivity contribution is 0.0199. The molecule has 29 heavy (non-hydrogen) atoms. The normalized spacial score (nSPS) is 20.6. The van der Waals surface area contributed by atoms with Crippen molar-refractivity contribution in [1.82, 2.24) is 10.2 Å². The molecular weight excluding hydrogens is 370 g/mol. The van der Waals surface area contributed by atoms with E-state index < -0.39 is 5.60 Å². The molecule has 0 bridgehead atoms. The lowest BCUT2D eigenvalue weighted by atomic mass is 10.0. The monoisotopic (exact) mass is 403 g/mol. The average Bonchev–Trinajstić information content (AvgIpc) is 3.16. The molecule has 1 atom stereocenters. The Kier molecular flexibility index (Phi) is 6.67. The minimum absolute atomic E-state index is 0.0662. The van der Waals surface area contributed by atoms with Gasteiger partial charge in [-0.25, -0.2) is 4.79 Å². The van der Waals surface area contributed by atoms with E-state index in [1.165, 1.54) is 0 Å². The quantitative estimate of drug-likeness (QED) is 0.837. The van der Waals surface area contributed by atoms with E-state index in [0.29, 0.717) is 18.7 Å². The number of carbonyl (C=O) groups excluding carboxylic acids is 2. The number of likely N-dealkylation sites (tertiary alicyclic amines) is 1. The van der Waals surface area contributed by atoms with Crippen molar-refractivity contribution in [2.45, 2.75) is 57.8 Å². The van der Waals surface area contributed by atoms with Crippen molar-refractivity contribution in [3.63, 3.8) is 0 Å². The van der Waals surface area contributed by atoms with Crippen molar-refractivity contribution in [2.24, 2.45) is 0 Å². The van der Waals surface area contributed by atoms with Crippen LogP contribution in [-0.4, -0.2) is 67.9 Å². The van der Waals surface area contributed by atoms with Crippen LogP contribution in [0, 0.1) is 0 Å². The van der Waals surface area contributed by atoms with Crippen LogP contribution in [0.3, 0.4) is 0 Å². The second-order valence-electron chi connectivity index (χ2n) is 8.85. The first-order valence-corrected chi connectivity index (χ1v) is 10.4. The largest absolute Gasteiger partial charge is 0.444 e. The van der Waals surface area contributed by atoms with E-state index in [1.807, 2.05) is 45.0 Å². The van der Waals surface area contributed by atoms with Crippen molar-refractivity contribution < 1.29 is 19.1 Å². The van der Waals surface area contributed by atoms with Crippen LogP contribution in [0.15, 0.2) is 24.3 Å². The molecule has 0 radical (unpaired) electrons. The summed E-state index contributed by atoms with van der Waals surface area (Å²) in [5.74, 6) is -0.0662. The zero-order valence-electron chi connectivity index (χ0n) is 17.9. The van der Waals surface area contributed by atoms with Gasteiger partial charge in [-0.3, -0.25) is 4.79 Å². The zero-order valence-corrected chi connectivity index (χ0v) is 17.9. The Morgan fingerprint density at radius 3 is 2.24 bits per heavy atom. The van der Waals surface area contributed by atoms with Crippen LogP contribution < -0.4 is 10.2 Å². The highest BCUT2D eigenvalue weighted by Crippen LogP contribution is 2.22. The summed E-state index contributed by atoms with van der Waals surface area (Å²) in [6.45, 7) is 8.63. The number of rotatable bonds is 4. The number of carbonyl (C=O) groups is 2. The maximum atomic E-state index is 12.6. The second kappa shape index (κ2) is 9.03. The second-order valence-corrected chi connectivity index (χ2v) is 8.85. The molecule has 0 unspecified atom stereocenters. The van der Waals surface area contributed by atoms with Crippen LogP contribution in [0.2, 0.25) is 0 Å². The Bertz CT molecular complexity index is 706. The number of methoxy groups -OCH3 is 1. The fourth-order valence-corrected chi connectivity index (χ4v) is 3.78. The fourth-order valence-electron chi connectivity index (χ4n) is 3.78. The number of ether oxygens (including phenoxy) is 2. The van der Waals surface area contributed by atoms with E-state index in [9.17, 15) is 9.59 Å². The highest BCUT2D eigenvalue weighted by molar-refractivity contribution is 5.94. The highest BCUT2D eigenvalue weighted by atomic mass is 16.6.